The molecule has 0 aliphatic carbocycles. The number of benzodiazepines with no additional fused rings is 1. The van der Waals surface area contributed by atoms with Crippen LogP contribution >= 0.6 is 0 Å². The standard InChI is InChI=1S/C19H21N3O/c1-11(2)14-8-5-9-15-16(13-7-4-6-12(3)10-13)21-18(20)19(23)22-17(14)15/h4-11,18H,20H2,1-3H3,(H,22,23). The Morgan fingerprint density at radius 1 is 1.17 bits per heavy atom. The first-order valence-corrected chi connectivity index (χ1v) is 7.82. The van der Waals surface area contributed by atoms with Crippen molar-refractivity contribution in [3.05, 3.63) is 64.7 Å². The number of anilines is 1. The first-order chi connectivity index (χ1) is 11.0. The van der Waals surface area contributed by atoms with Crippen LogP contribution in [0.15, 0.2) is 47.5 Å². The van der Waals surface area contributed by atoms with E-state index in [1.54, 1.807) is 0 Å². The molecular weight excluding hydrogens is 286 g/mol. The zero-order valence-electron chi connectivity index (χ0n) is 13.6. The smallest absolute Gasteiger partial charge is 0.263 e. The highest BCUT2D eigenvalue weighted by molar-refractivity contribution is 6.20. The molecule has 118 valence electrons. The third-order valence-electron chi connectivity index (χ3n) is 4.05. The number of rotatable bonds is 2. The van der Waals surface area contributed by atoms with E-state index in [4.69, 9.17) is 5.73 Å². The molecule has 0 radical (unpaired) electrons. The van der Waals surface area contributed by atoms with Crippen LogP contribution in [0.25, 0.3) is 0 Å². The Balaban J connectivity index is 2.26. The lowest BCUT2D eigenvalue weighted by atomic mass is 9.93. The van der Waals surface area contributed by atoms with E-state index >= 15 is 0 Å². The van der Waals surface area contributed by atoms with Crippen LogP contribution in [-0.4, -0.2) is 17.8 Å². The molecule has 0 spiro atoms. The monoisotopic (exact) mass is 307 g/mol. The molecule has 0 saturated heterocycles. The van der Waals surface area contributed by atoms with Crippen LogP contribution in [0.3, 0.4) is 0 Å². The molecule has 1 aliphatic heterocycles. The molecule has 1 unspecified atom stereocenters. The molecule has 1 atom stereocenters. The van der Waals surface area contributed by atoms with Gasteiger partial charge in [0.25, 0.3) is 5.91 Å². The summed E-state index contributed by atoms with van der Waals surface area (Å²) in [5.41, 5.74) is 11.7. The molecule has 4 heteroatoms. The van der Waals surface area contributed by atoms with Gasteiger partial charge in [0.15, 0.2) is 6.17 Å². The number of aryl methyl sites for hydroxylation is 1. The molecule has 0 fully saturated rings. The van der Waals surface area contributed by atoms with Crippen molar-refractivity contribution in [2.75, 3.05) is 5.32 Å². The Bertz CT molecular complexity index is 793. The van der Waals surface area contributed by atoms with Crippen molar-refractivity contribution in [2.24, 2.45) is 10.7 Å². The van der Waals surface area contributed by atoms with Gasteiger partial charge >= 0.3 is 0 Å². The van der Waals surface area contributed by atoms with Gasteiger partial charge < -0.3 is 11.1 Å². The average Bonchev–Trinajstić information content (AvgIpc) is 2.64. The molecule has 23 heavy (non-hydrogen) atoms. The summed E-state index contributed by atoms with van der Waals surface area (Å²) in [7, 11) is 0. The fourth-order valence-corrected chi connectivity index (χ4v) is 2.87. The van der Waals surface area contributed by atoms with Crippen LogP contribution in [-0.2, 0) is 4.79 Å². The first kappa shape index (κ1) is 15.4. The van der Waals surface area contributed by atoms with E-state index in [-0.39, 0.29) is 5.91 Å². The zero-order valence-corrected chi connectivity index (χ0v) is 13.6. The van der Waals surface area contributed by atoms with Gasteiger partial charge in [-0.3, -0.25) is 9.79 Å². The Morgan fingerprint density at radius 3 is 2.61 bits per heavy atom. The number of amides is 1. The molecule has 2 aromatic rings. The predicted octanol–water partition coefficient (Wildman–Crippen LogP) is 3.19. The van der Waals surface area contributed by atoms with E-state index in [1.165, 1.54) is 0 Å². The predicted molar refractivity (Wildman–Crippen MR) is 94.0 cm³/mol. The van der Waals surface area contributed by atoms with Crippen LogP contribution in [0.5, 0.6) is 0 Å². The van der Waals surface area contributed by atoms with Crippen molar-refractivity contribution in [3.63, 3.8) is 0 Å². The Morgan fingerprint density at radius 2 is 1.91 bits per heavy atom. The zero-order chi connectivity index (χ0) is 16.6. The third-order valence-corrected chi connectivity index (χ3v) is 4.05. The first-order valence-electron chi connectivity index (χ1n) is 7.82. The van der Waals surface area contributed by atoms with Crippen molar-refractivity contribution in [1.29, 1.82) is 0 Å². The van der Waals surface area contributed by atoms with Crippen molar-refractivity contribution >= 4 is 17.3 Å². The number of benzene rings is 2. The Kier molecular flexibility index (Phi) is 4.01. The summed E-state index contributed by atoms with van der Waals surface area (Å²) in [6.07, 6.45) is -0.905. The number of hydrogen-bond acceptors (Lipinski definition) is 3. The van der Waals surface area contributed by atoms with Crippen LogP contribution in [0, 0.1) is 6.92 Å². The molecule has 3 N–H and O–H groups in total. The second-order valence-corrected chi connectivity index (χ2v) is 6.21. The number of nitrogens with zero attached hydrogens (tertiary/aromatic N) is 1. The quantitative estimate of drug-likeness (QED) is 0.894. The molecule has 0 saturated carbocycles. The van der Waals surface area contributed by atoms with E-state index in [0.717, 1.165) is 33.7 Å². The van der Waals surface area contributed by atoms with Gasteiger partial charge in [-0.05, 0) is 24.5 Å². The summed E-state index contributed by atoms with van der Waals surface area (Å²) in [5.74, 6) is 0.0142. The fourth-order valence-electron chi connectivity index (χ4n) is 2.87. The lowest BCUT2D eigenvalue weighted by Crippen LogP contribution is -2.33. The molecule has 1 amide bonds. The van der Waals surface area contributed by atoms with Crippen LogP contribution in [0.1, 0.15) is 42.0 Å². The highest BCUT2D eigenvalue weighted by atomic mass is 16.2. The lowest BCUT2D eigenvalue weighted by Gasteiger charge is -2.17. The number of nitrogens with two attached hydrogens (primary N) is 1. The minimum absolute atomic E-state index is 0.276. The summed E-state index contributed by atoms with van der Waals surface area (Å²) in [4.78, 5) is 16.7. The van der Waals surface area contributed by atoms with Crippen LogP contribution < -0.4 is 11.1 Å². The van der Waals surface area contributed by atoms with Gasteiger partial charge in [-0.25, -0.2) is 0 Å². The summed E-state index contributed by atoms with van der Waals surface area (Å²) < 4.78 is 0. The van der Waals surface area contributed by atoms with E-state index in [9.17, 15) is 4.79 Å². The fraction of sp³-hybridized carbons (Fsp3) is 0.263. The number of aliphatic imine (C=N–C) groups is 1. The molecule has 1 heterocycles. The summed E-state index contributed by atoms with van der Waals surface area (Å²) in [5, 5.41) is 2.96. The van der Waals surface area contributed by atoms with Crippen molar-refractivity contribution in [3.8, 4) is 0 Å². The number of fused-ring (bicyclic) bond motifs is 1. The minimum atomic E-state index is -0.905. The van der Waals surface area contributed by atoms with Crippen molar-refractivity contribution in [1.82, 2.24) is 0 Å². The van der Waals surface area contributed by atoms with Gasteiger partial charge in [-0.15, -0.1) is 0 Å². The SMILES string of the molecule is Cc1cccc(C2=NC(N)C(=O)Nc3c2cccc3C(C)C)c1. The molecule has 2 aromatic carbocycles. The number of nitrogens with one attached hydrogen (secondary N) is 1. The van der Waals surface area contributed by atoms with Gasteiger partial charge in [-0.2, -0.15) is 0 Å². The number of carbonyl (C=O) groups is 1. The highest BCUT2D eigenvalue weighted by Crippen LogP contribution is 2.31. The molecule has 0 aromatic heterocycles. The van der Waals surface area contributed by atoms with E-state index in [2.05, 4.69) is 30.2 Å². The second kappa shape index (κ2) is 5.97. The summed E-state index contributed by atoms with van der Waals surface area (Å²) in [6.45, 7) is 6.25. The van der Waals surface area contributed by atoms with Crippen LogP contribution in [0.4, 0.5) is 5.69 Å². The molecule has 4 nitrogen and oxygen atoms in total. The third kappa shape index (κ3) is 2.90. The van der Waals surface area contributed by atoms with Gasteiger partial charge in [0.05, 0.1) is 11.4 Å². The average molecular weight is 307 g/mol. The Hall–Kier alpha value is -2.46. The molecule has 0 bridgehead atoms. The summed E-state index contributed by atoms with van der Waals surface area (Å²) in [6, 6.07) is 14.1. The second-order valence-electron chi connectivity index (χ2n) is 6.21. The van der Waals surface area contributed by atoms with Gasteiger partial charge in [0, 0.05) is 11.1 Å². The largest absolute Gasteiger partial charge is 0.322 e. The van der Waals surface area contributed by atoms with E-state index < -0.39 is 6.17 Å². The van der Waals surface area contributed by atoms with Crippen LogP contribution in [0.2, 0.25) is 0 Å². The van der Waals surface area contributed by atoms with Crippen molar-refractivity contribution < 1.29 is 4.79 Å². The van der Waals surface area contributed by atoms with Crippen molar-refractivity contribution in [2.45, 2.75) is 32.9 Å². The molecule has 3 rings (SSSR count). The van der Waals surface area contributed by atoms with Gasteiger partial charge in [-0.1, -0.05) is 55.8 Å². The topological polar surface area (TPSA) is 67.5 Å². The lowest BCUT2D eigenvalue weighted by molar-refractivity contribution is -0.117. The van der Waals surface area contributed by atoms with Gasteiger partial charge in [0.1, 0.15) is 0 Å². The number of hydrogen-bond donors (Lipinski definition) is 2. The normalized spacial score (nSPS) is 17.3. The molecular formula is C19H21N3O. The van der Waals surface area contributed by atoms with Gasteiger partial charge in [0.2, 0.25) is 0 Å². The maximum Gasteiger partial charge on any atom is 0.263 e. The minimum Gasteiger partial charge on any atom is -0.322 e. The maximum atomic E-state index is 12.3. The highest BCUT2D eigenvalue weighted by Gasteiger charge is 2.25. The molecule has 1 aliphatic rings. The maximum absolute atomic E-state index is 12.3. The van der Waals surface area contributed by atoms with E-state index in [1.807, 2.05) is 43.3 Å². The number of carbonyl (C=O) groups excluding carboxylic acids is 1. The summed E-state index contributed by atoms with van der Waals surface area (Å²) >= 11 is 0. The number of para-hydroxylation sites is 1. The van der Waals surface area contributed by atoms with E-state index in [0.29, 0.717) is 5.92 Å². The Labute approximate surface area is 136 Å².